The molecule has 9 nitrogen and oxygen atoms in total. The minimum Gasteiger partial charge on any atom is -0.504 e. The maximum absolute atomic E-state index is 11.0. The molecule has 0 amide bonds. The number of aryl methyl sites for hydroxylation is 1. The summed E-state index contributed by atoms with van der Waals surface area (Å²) >= 11 is 9.54. The van der Waals surface area contributed by atoms with Crippen molar-refractivity contribution in [2.45, 2.75) is 13.8 Å². The van der Waals surface area contributed by atoms with E-state index in [0.29, 0.717) is 26.4 Å². The maximum Gasteiger partial charge on any atom is 0.315 e. The number of pyridine rings is 1. The predicted octanol–water partition coefficient (Wildman–Crippen LogP) is 4.15. The molecule has 0 radical (unpaired) electrons. The minimum absolute atomic E-state index is 0.0747. The van der Waals surface area contributed by atoms with Gasteiger partial charge in [-0.3, -0.25) is 10.1 Å². The number of benzene rings is 1. The van der Waals surface area contributed by atoms with E-state index < -0.39 is 22.1 Å². The van der Waals surface area contributed by atoms with E-state index >= 15 is 0 Å². The topological polar surface area (TPSA) is 135 Å². The highest BCUT2D eigenvalue weighted by molar-refractivity contribution is 9.10. The molecule has 0 fully saturated rings. The Balaban J connectivity index is 2.13. The number of rotatable bonds is 3. The van der Waals surface area contributed by atoms with Crippen molar-refractivity contribution in [2.24, 2.45) is 0 Å². The van der Waals surface area contributed by atoms with Crippen molar-refractivity contribution in [3.63, 3.8) is 0 Å². The van der Waals surface area contributed by atoms with Crippen LogP contribution in [-0.2, 0) is 0 Å². The molecule has 0 saturated carbocycles. The van der Waals surface area contributed by atoms with E-state index in [-0.39, 0.29) is 17.3 Å². The van der Waals surface area contributed by atoms with Crippen LogP contribution < -0.4 is 0 Å². The molecule has 2 aromatic heterocycles. The molecule has 0 saturated heterocycles. The van der Waals surface area contributed by atoms with Gasteiger partial charge in [-0.2, -0.15) is 0 Å². The highest BCUT2D eigenvalue weighted by atomic mass is 79.9. The van der Waals surface area contributed by atoms with Gasteiger partial charge in [0.25, 0.3) is 5.89 Å². The number of phenolic OH excluding ortho intramolecular Hbond substituents is 2. The van der Waals surface area contributed by atoms with Gasteiger partial charge in [0.2, 0.25) is 11.6 Å². The molecule has 0 atom stereocenters. The largest absolute Gasteiger partial charge is 0.504 e. The Bertz CT molecular complexity index is 1050. The Morgan fingerprint density at radius 3 is 2.54 bits per heavy atom. The Morgan fingerprint density at radius 1 is 1.23 bits per heavy atom. The van der Waals surface area contributed by atoms with Crippen LogP contribution in [0.25, 0.3) is 22.9 Å². The van der Waals surface area contributed by atoms with Crippen molar-refractivity contribution < 1.29 is 19.6 Å². The highest BCUT2D eigenvalue weighted by Gasteiger charge is 2.24. The van der Waals surface area contributed by atoms with Crippen molar-refractivity contribution in [3.05, 3.63) is 43.1 Å². The van der Waals surface area contributed by atoms with E-state index in [1.54, 1.807) is 13.8 Å². The molecule has 0 bridgehead atoms. The number of hydrogen-bond acceptors (Lipinski definition) is 8. The summed E-state index contributed by atoms with van der Waals surface area (Å²) in [5.74, 6) is -1.51. The van der Waals surface area contributed by atoms with Crippen LogP contribution in [0.4, 0.5) is 5.69 Å². The van der Waals surface area contributed by atoms with Crippen molar-refractivity contribution in [1.82, 2.24) is 15.2 Å². The fourth-order valence-electron chi connectivity index (χ4n) is 2.34. The number of nitrogens with zero attached hydrogens (tertiary/aromatic N) is 4. The van der Waals surface area contributed by atoms with Gasteiger partial charge in [0.1, 0.15) is 4.60 Å². The predicted molar refractivity (Wildman–Crippen MR) is 95.1 cm³/mol. The molecule has 1 aromatic carbocycles. The Hall–Kier alpha value is -2.72. The molecule has 0 aliphatic rings. The molecular weight excluding hydrogens is 432 g/mol. The zero-order chi connectivity index (χ0) is 19.2. The molecule has 2 heterocycles. The average Bonchev–Trinajstić information content (AvgIpc) is 3.04. The van der Waals surface area contributed by atoms with Crippen molar-refractivity contribution >= 4 is 33.2 Å². The van der Waals surface area contributed by atoms with Crippen molar-refractivity contribution in [3.8, 4) is 34.4 Å². The van der Waals surface area contributed by atoms with Gasteiger partial charge < -0.3 is 14.6 Å². The third kappa shape index (κ3) is 2.97. The molecule has 3 rings (SSSR count). The molecular formula is C15H10BrClN4O5. The standard InChI is InChI=1S/C15H10BrClN4O5/c1-5-10(13(16)18-6(2)11(5)17)15-20-19-14(26-15)7-3-8(21(24)25)12(23)9(22)4-7/h3-4,22-23H,1-2H3. The van der Waals surface area contributed by atoms with Crippen molar-refractivity contribution in [1.29, 1.82) is 0 Å². The number of aromatic nitrogens is 3. The number of nitro groups is 1. The highest BCUT2D eigenvalue weighted by Crippen LogP contribution is 2.40. The molecule has 0 spiro atoms. The van der Waals surface area contributed by atoms with Gasteiger partial charge in [0.15, 0.2) is 5.75 Å². The quantitative estimate of drug-likeness (QED) is 0.268. The summed E-state index contributed by atoms with van der Waals surface area (Å²) in [6.07, 6.45) is 0. The van der Waals surface area contributed by atoms with Crippen LogP contribution in [0.3, 0.4) is 0 Å². The van der Waals surface area contributed by atoms with Crippen LogP contribution in [0, 0.1) is 24.0 Å². The van der Waals surface area contributed by atoms with Crippen LogP contribution in [-0.4, -0.2) is 30.3 Å². The van der Waals surface area contributed by atoms with Crippen LogP contribution in [0.1, 0.15) is 11.3 Å². The second-order valence-corrected chi connectivity index (χ2v) is 6.46. The fourth-order valence-corrected chi connectivity index (χ4v) is 3.21. The first-order valence-corrected chi connectivity index (χ1v) is 8.24. The van der Waals surface area contributed by atoms with Gasteiger partial charge >= 0.3 is 5.69 Å². The normalized spacial score (nSPS) is 10.9. The third-order valence-corrected chi connectivity index (χ3v) is 4.78. The van der Waals surface area contributed by atoms with Gasteiger partial charge in [0, 0.05) is 11.6 Å². The van der Waals surface area contributed by atoms with E-state index in [2.05, 4.69) is 31.1 Å². The molecule has 0 unspecified atom stereocenters. The Morgan fingerprint density at radius 2 is 1.88 bits per heavy atom. The number of hydrogen-bond donors (Lipinski definition) is 2. The lowest BCUT2D eigenvalue weighted by Gasteiger charge is -2.08. The molecule has 0 aliphatic carbocycles. The Labute approximate surface area is 159 Å². The first kappa shape index (κ1) is 18.1. The smallest absolute Gasteiger partial charge is 0.315 e. The van der Waals surface area contributed by atoms with Crippen LogP contribution >= 0.6 is 27.5 Å². The fraction of sp³-hybridized carbons (Fsp3) is 0.133. The van der Waals surface area contributed by atoms with Crippen LogP contribution in [0.15, 0.2) is 21.2 Å². The minimum atomic E-state index is -0.841. The lowest BCUT2D eigenvalue weighted by atomic mass is 10.1. The zero-order valence-electron chi connectivity index (χ0n) is 13.3. The molecule has 0 aliphatic heterocycles. The molecule has 11 heteroatoms. The second-order valence-electron chi connectivity index (χ2n) is 5.33. The number of aromatic hydroxyl groups is 2. The lowest BCUT2D eigenvalue weighted by molar-refractivity contribution is -0.385. The average molecular weight is 442 g/mol. The van der Waals surface area contributed by atoms with Crippen molar-refractivity contribution in [2.75, 3.05) is 0 Å². The lowest BCUT2D eigenvalue weighted by Crippen LogP contribution is -1.94. The second kappa shape index (κ2) is 6.54. The summed E-state index contributed by atoms with van der Waals surface area (Å²) in [4.78, 5) is 14.4. The first-order valence-electron chi connectivity index (χ1n) is 7.07. The summed E-state index contributed by atoms with van der Waals surface area (Å²) in [7, 11) is 0. The maximum atomic E-state index is 11.0. The molecule has 3 aromatic rings. The van der Waals surface area contributed by atoms with E-state index in [0.717, 1.165) is 12.1 Å². The number of phenols is 2. The Kier molecular flexibility index (Phi) is 4.55. The number of halogens is 2. The van der Waals surface area contributed by atoms with Crippen LogP contribution in [0.5, 0.6) is 11.5 Å². The molecule has 134 valence electrons. The van der Waals surface area contributed by atoms with E-state index in [1.807, 2.05) is 0 Å². The van der Waals surface area contributed by atoms with E-state index in [1.165, 1.54) is 0 Å². The van der Waals surface area contributed by atoms with Gasteiger partial charge in [-0.15, -0.1) is 10.2 Å². The summed E-state index contributed by atoms with van der Waals surface area (Å²) in [6.45, 7) is 3.51. The van der Waals surface area contributed by atoms with Crippen LogP contribution in [0.2, 0.25) is 5.02 Å². The third-order valence-electron chi connectivity index (χ3n) is 3.65. The van der Waals surface area contributed by atoms with Gasteiger partial charge in [-0.05, 0) is 41.4 Å². The molecule has 26 heavy (non-hydrogen) atoms. The summed E-state index contributed by atoms with van der Waals surface area (Å²) in [5, 5.41) is 38.4. The monoisotopic (exact) mass is 440 g/mol. The van der Waals surface area contributed by atoms with Gasteiger partial charge in [0.05, 0.1) is 21.2 Å². The number of nitro benzene ring substituents is 1. The summed E-state index contributed by atoms with van der Waals surface area (Å²) in [5.41, 5.74) is 1.17. The van der Waals surface area contributed by atoms with E-state index in [4.69, 9.17) is 16.0 Å². The SMILES string of the molecule is Cc1nc(Br)c(-c2nnc(-c3cc(O)c(O)c([N+](=O)[O-])c3)o2)c(C)c1Cl. The van der Waals surface area contributed by atoms with Gasteiger partial charge in [-0.25, -0.2) is 4.98 Å². The molecule has 2 N–H and O–H groups in total. The summed E-state index contributed by atoms with van der Waals surface area (Å²) in [6, 6.07) is 2.11. The van der Waals surface area contributed by atoms with E-state index in [9.17, 15) is 20.3 Å². The van der Waals surface area contributed by atoms with Gasteiger partial charge in [-0.1, -0.05) is 11.6 Å². The first-order chi connectivity index (χ1) is 12.2. The zero-order valence-corrected chi connectivity index (χ0v) is 15.7. The summed E-state index contributed by atoms with van der Waals surface area (Å²) < 4.78 is 6.03.